The molecule has 2 N–H and O–H groups in total. The number of carbonyl (C=O) groups excluding carboxylic acids is 4. The van der Waals surface area contributed by atoms with E-state index in [0.717, 1.165) is 25.9 Å². The number of hydrogen-bond acceptors (Lipinski definition) is 7. The van der Waals surface area contributed by atoms with Crippen LogP contribution < -0.4 is 10.6 Å². The van der Waals surface area contributed by atoms with E-state index in [2.05, 4.69) is 20.5 Å². The number of rotatable bonds is 7. The number of benzene rings is 1. The lowest BCUT2D eigenvalue weighted by Gasteiger charge is -2.27. The van der Waals surface area contributed by atoms with E-state index in [1.54, 1.807) is 25.1 Å². The molecular formula is C22H28N4O5S. The van der Waals surface area contributed by atoms with E-state index in [4.69, 9.17) is 4.74 Å². The molecule has 1 fully saturated rings. The van der Waals surface area contributed by atoms with E-state index in [9.17, 15) is 19.2 Å². The van der Waals surface area contributed by atoms with Gasteiger partial charge in [-0.1, -0.05) is 17.8 Å². The Morgan fingerprint density at radius 3 is 2.72 bits per heavy atom. The minimum Gasteiger partial charge on any atom is -0.464 e. The van der Waals surface area contributed by atoms with E-state index in [1.807, 2.05) is 0 Å². The molecular weight excluding hydrogens is 432 g/mol. The first kappa shape index (κ1) is 23.8. The van der Waals surface area contributed by atoms with Gasteiger partial charge >= 0.3 is 5.97 Å². The number of amides is 3. The van der Waals surface area contributed by atoms with Crippen molar-refractivity contribution in [1.29, 1.82) is 0 Å². The smallest absolute Gasteiger partial charge is 0.328 e. The highest BCUT2D eigenvalue weighted by molar-refractivity contribution is 8.15. The number of nitrogens with zero attached hydrogens (tertiary/aromatic N) is 2. The Balaban J connectivity index is 1.53. The van der Waals surface area contributed by atoms with E-state index >= 15 is 0 Å². The molecule has 1 saturated heterocycles. The van der Waals surface area contributed by atoms with Crippen molar-refractivity contribution in [2.24, 2.45) is 4.99 Å². The number of esters is 1. The first-order chi connectivity index (χ1) is 15.4. The number of anilines is 1. The zero-order valence-corrected chi connectivity index (χ0v) is 19.1. The minimum atomic E-state index is -0.791. The van der Waals surface area contributed by atoms with Gasteiger partial charge in [-0.05, 0) is 51.3 Å². The summed E-state index contributed by atoms with van der Waals surface area (Å²) in [5, 5.41) is 5.47. The van der Waals surface area contributed by atoms with Crippen LogP contribution in [0.4, 0.5) is 5.69 Å². The summed E-state index contributed by atoms with van der Waals surface area (Å²) in [7, 11) is 0. The number of nitrogens with one attached hydrogen (secondary N) is 2. The van der Waals surface area contributed by atoms with Gasteiger partial charge in [0.25, 0.3) is 11.8 Å². The number of thioether (sulfide) groups is 1. The second-order valence-corrected chi connectivity index (χ2v) is 8.84. The van der Waals surface area contributed by atoms with Gasteiger partial charge in [0.15, 0.2) is 5.17 Å². The highest BCUT2D eigenvalue weighted by atomic mass is 32.2. The highest BCUT2D eigenvalue weighted by Gasteiger charge is 2.33. The summed E-state index contributed by atoms with van der Waals surface area (Å²) in [6, 6.07) is 5.60. The van der Waals surface area contributed by atoms with Crippen LogP contribution in [0.15, 0.2) is 29.3 Å². The minimum absolute atomic E-state index is 0.000651. The van der Waals surface area contributed by atoms with E-state index < -0.39 is 23.2 Å². The highest BCUT2D eigenvalue weighted by Crippen LogP contribution is 2.29. The van der Waals surface area contributed by atoms with Crippen molar-refractivity contribution in [3.8, 4) is 0 Å². The molecule has 0 aliphatic carbocycles. The van der Waals surface area contributed by atoms with Gasteiger partial charge in [0.05, 0.1) is 6.61 Å². The molecule has 2 heterocycles. The summed E-state index contributed by atoms with van der Waals surface area (Å²) < 4.78 is 4.88. The molecule has 1 aromatic carbocycles. The van der Waals surface area contributed by atoms with Crippen molar-refractivity contribution in [2.75, 3.05) is 25.0 Å². The Bertz CT molecular complexity index is 913. The average molecular weight is 461 g/mol. The van der Waals surface area contributed by atoms with Gasteiger partial charge in [0, 0.05) is 30.8 Å². The quantitative estimate of drug-likeness (QED) is 0.599. The number of amidine groups is 1. The zero-order chi connectivity index (χ0) is 23.1. The normalized spacial score (nSPS) is 19.2. The van der Waals surface area contributed by atoms with Crippen LogP contribution in [0.1, 0.15) is 49.9 Å². The van der Waals surface area contributed by atoms with E-state index in [-0.39, 0.29) is 24.8 Å². The predicted molar refractivity (Wildman–Crippen MR) is 122 cm³/mol. The molecule has 9 nitrogen and oxygen atoms in total. The molecule has 2 aliphatic heterocycles. The third-order valence-corrected chi connectivity index (χ3v) is 6.34. The topological polar surface area (TPSA) is 117 Å². The van der Waals surface area contributed by atoms with Crippen molar-refractivity contribution < 1.29 is 23.9 Å². The molecule has 3 rings (SSSR count). The maximum atomic E-state index is 12.5. The van der Waals surface area contributed by atoms with Crippen molar-refractivity contribution in [3.05, 3.63) is 29.8 Å². The molecule has 32 heavy (non-hydrogen) atoms. The first-order valence-corrected chi connectivity index (χ1v) is 11.7. The summed E-state index contributed by atoms with van der Waals surface area (Å²) in [4.78, 5) is 55.1. The SMILES string of the molecule is CCOC(=O)C(C)NC(=O)c1cccc(NC(=O)CC2SC(N3CCCCC3)=NC2=O)c1. The van der Waals surface area contributed by atoms with Crippen LogP contribution in [0.2, 0.25) is 0 Å². The van der Waals surface area contributed by atoms with Gasteiger partial charge in [-0.15, -0.1) is 0 Å². The third kappa shape index (κ3) is 6.32. The number of ether oxygens (including phenoxy) is 1. The van der Waals surface area contributed by atoms with Gasteiger partial charge in [-0.2, -0.15) is 4.99 Å². The Morgan fingerprint density at radius 1 is 1.25 bits per heavy atom. The molecule has 0 radical (unpaired) electrons. The van der Waals surface area contributed by atoms with Crippen LogP contribution in [0, 0.1) is 0 Å². The van der Waals surface area contributed by atoms with Crippen molar-refractivity contribution >= 4 is 46.3 Å². The second-order valence-electron chi connectivity index (χ2n) is 7.67. The predicted octanol–water partition coefficient (Wildman–Crippen LogP) is 2.18. The summed E-state index contributed by atoms with van der Waals surface area (Å²) in [5.74, 6) is -1.59. The van der Waals surface area contributed by atoms with Crippen LogP contribution in [0.25, 0.3) is 0 Å². The first-order valence-electron chi connectivity index (χ1n) is 10.8. The van der Waals surface area contributed by atoms with Gasteiger partial charge in [-0.25, -0.2) is 4.79 Å². The lowest BCUT2D eigenvalue weighted by atomic mass is 10.1. The Labute approximate surface area is 191 Å². The number of piperidine rings is 1. The van der Waals surface area contributed by atoms with Gasteiger partial charge in [-0.3, -0.25) is 14.4 Å². The lowest BCUT2D eigenvalue weighted by molar-refractivity contribution is -0.144. The fourth-order valence-electron chi connectivity index (χ4n) is 3.45. The van der Waals surface area contributed by atoms with Crippen molar-refractivity contribution in [1.82, 2.24) is 10.2 Å². The maximum absolute atomic E-state index is 12.5. The fraction of sp³-hybridized carbons (Fsp3) is 0.500. The third-order valence-electron chi connectivity index (χ3n) is 5.12. The molecule has 2 unspecified atom stereocenters. The van der Waals surface area contributed by atoms with E-state index in [1.165, 1.54) is 31.2 Å². The molecule has 1 aromatic rings. The maximum Gasteiger partial charge on any atom is 0.328 e. The molecule has 0 spiro atoms. The second kappa shape index (κ2) is 11.1. The lowest BCUT2D eigenvalue weighted by Crippen LogP contribution is -2.39. The van der Waals surface area contributed by atoms with Crippen molar-refractivity contribution in [3.63, 3.8) is 0 Å². The number of likely N-dealkylation sites (tertiary alicyclic amines) is 1. The molecule has 2 aliphatic rings. The Kier molecular flexibility index (Phi) is 8.26. The molecule has 172 valence electrons. The molecule has 2 atom stereocenters. The fourth-order valence-corrected chi connectivity index (χ4v) is 4.57. The van der Waals surface area contributed by atoms with Crippen LogP contribution in [-0.2, 0) is 19.1 Å². The summed E-state index contributed by atoms with van der Waals surface area (Å²) in [6.45, 7) is 5.24. The van der Waals surface area contributed by atoms with Crippen LogP contribution in [0.5, 0.6) is 0 Å². The number of aliphatic imine (C=N–C) groups is 1. The van der Waals surface area contributed by atoms with Gasteiger partial charge in [0.2, 0.25) is 5.91 Å². The van der Waals surface area contributed by atoms with Crippen LogP contribution >= 0.6 is 11.8 Å². The molecule has 0 aromatic heterocycles. The molecule has 3 amide bonds. The number of carbonyl (C=O) groups is 4. The molecule has 10 heteroatoms. The summed E-state index contributed by atoms with van der Waals surface area (Å²) in [6.07, 6.45) is 3.36. The largest absolute Gasteiger partial charge is 0.464 e. The summed E-state index contributed by atoms with van der Waals surface area (Å²) in [5.41, 5.74) is 0.722. The van der Waals surface area contributed by atoms with Crippen LogP contribution in [0.3, 0.4) is 0 Å². The summed E-state index contributed by atoms with van der Waals surface area (Å²) >= 11 is 1.34. The average Bonchev–Trinajstić information content (AvgIpc) is 3.14. The van der Waals surface area contributed by atoms with E-state index in [0.29, 0.717) is 16.4 Å². The van der Waals surface area contributed by atoms with Crippen LogP contribution in [-0.4, -0.2) is 64.7 Å². The van der Waals surface area contributed by atoms with Gasteiger partial charge < -0.3 is 20.3 Å². The van der Waals surface area contributed by atoms with Crippen molar-refractivity contribution in [2.45, 2.75) is 50.8 Å². The molecule has 0 bridgehead atoms. The zero-order valence-electron chi connectivity index (χ0n) is 18.3. The Morgan fingerprint density at radius 2 is 2.00 bits per heavy atom. The molecule has 0 saturated carbocycles. The number of hydrogen-bond donors (Lipinski definition) is 2. The Hall–Kier alpha value is -2.88. The standard InChI is InChI=1S/C22H28N4O5S/c1-3-31-21(30)14(2)23-19(28)15-8-7-9-16(12-15)24-18(27)13-17-20(29)25-22(32-17)26-10-5-4-6-11-26/h7-9,12,14,17H,3-6,10-11,13H2,1-2H3,(H,23,28)(H,24,27). The monoisotopic (exact) mass is 460 g/mol. The van der Waals surface area contributed by atoms with Gasteiger partial charge in [0.1, 0.15) is 11.3 Å².